The third-order valence-corrected chi connectivity index (χ3v) is 6.79. The zero-order valence-electron chi connectivity index (χ0n) is 21.2. The van der Waals surface area contributed by atoms with E-state index in [0.717, 1.165) is 37.2 Å². The number of nitrogens with one attached hydrogen (secondary N) is 3. The lowest BCUT2D eigenvalue weighted by Crippen LogP contribution is -2.36. The third-order valence-electron chi connectivity index (χ3n) is 6.79. The Bertz CT molecular complexity index is 1330. The van der Waals surface area contributed by atoms with Crippen LogP contribution < -0.4 is 10.6 Å². The van der Waals surface area contributed by atoms with Crippen LogP contribution in [0.2, 0.25) is 0 Å². The van der Waals surface area contributed by atoms with Crippen LogP contribution in [-0.4, -0.2) is 64.7 Å². The minimum atomic E-state index is -0.710. The molecule has 9 nitrogen and oxygen atoms in total. The molecule has 3 N–H and O–H groups in total. The van der Waals surface area contributed by atoms with Gasteiger partial charge in [-0.2, -0.15) is 9.49 Å². The maximum Gasteiger partial charge on any atom is 0.249 e. The molecule has 3 aromatic rings. The van der Waals surface area contributed by atoms with Crippen molar-refractivity contribution in [3.63, 3.8) is 0 Å². The molecule has 0 spiro atoms. The zero-order chi connectivity index (χ0) is 26.5. The van der Waals surface area contributed by atoms with Gasteiger partial charge in [0.05, 0.1) is 19.1 Å². The predicted molar refractivity (Wildman–Crippen MR) is 142 cm³/mol. The van der Waals surface area contributed by atoms with Crippen LogP contribution in [0.4, 0.5) is 16.0 Å². The smallest absolute Gasteiger partial charge is 0.249 e. The van der Waals surface area contributed by atoms with Crippen molar-refractivity contribution in [1.82, 2.24) is 20.1 Å². The Hall–Kier alpha value is -3.89. The molecule has 0 bridgehead atoms. The number of carbonyl (C=O) groups is 2. The summed E-state index contributed by atoms with van der Waals surface area (Å²) in [6, 6.07) is 12.2. The largest absolute Gasteiger partial charge is 0.379 e. The van der Waals surface area contributed by atoms with Gasteiger partial charge in [0, 0.05) is 49.0 Å². The number of nitrogens with zero attached hydrogens (tertiary/aromatic N) is 3. The first-order valence-electron chi connectivity index (χ1n) is 12.9. The van der Waals surface area contributed by atoms with Crippen LogP contribution in [0.25, 0.3) is 11.1 Å². The number of H-pyrrole nitrogens is 1. The molecule has 1 aromatic carbocycles. The van der Waals surface area contributed by atoms with Crippen LogP contribution >= 0.6 is 0 Å². The van der Waals surface area contributed by atoms with Gasteiger partial charge in [0.15, 0.2) is 5.82 Å². The van der Waals surface area contributed by atoms with Crippen molar-refractivity contribution in [3.8, 4) is 11.1 Å². The zero-order valence-corrected chi connectivity index (χ0v) is 21.2. The van der Waals surface area contributed by atoms with Gasteiger partial charge >= 0.3 is 0 Å². The number of hydrogen-bond donors (Lipinski definition) is 3. The van der Waals surface area contributed by atoms with Crippen molar-refractivity contribution in [3.05, 3.63) is 71.8 Å². The van der Waals surface area contributed by atoms with Crippen molar-refractivity contribution in [2.45, 2.75) is 31.6 Å². The van der Waals surface area contributed by atoms with E-state index in [2.05, 4.69) is 30.7 Å². The number of carbonyl (C=O) groups excluding carboxylic acids is 2. The van der Waals surface area contributed by atoms with Crippen molar-refractivity contribution >= 4 is 23.5 Å². The van der Waals surface area contributed by atoms with Gasteiger partial charge in [0.25, 0.3) is 0 Å². The fraction of sp³-hybridized carbons (Fsp3) is 0.357. The number of anilines is 2. The number of aromatic nitrogens is 3. The second kappa shape index (κ2) is 11.7. The van der Waals surface area contributed by atoms with Crippen LogP contribution in [0.3, 0.4) is 0 Å². The summed E-state index contributed by atoms with van der Waals surface area (Å²) < 4.78 is 20.3. The van der Waals surface area contributed by atoms with Gasteiger partial charge in [-0.1, -0.05) is 30.3 Å². The van der Waals surface area contributed by atoms with Crippen LogP contribution in [-0.2, 0) is 14.3 Å². The maximum atomic E-state index is 14.9. The van der Waals surface area contributed by atoms with Gasteiger partial charge in [-0.15, -0.1) is 0 Å². The van der Waals surface area contributed by atoms with Gasteiger partial charge in [0.1, 0.15) is 5.82 Å². The number of hydrogen-bond acceptors (Lipinski definition) is 6. The topological polar surface area (TPSA) is 112 Å². The highest BCUT2D eigenvalue weighted by Crippen LogP contribution is 2.39. The Morgan fingerprint density at radius 1 is 1.16 bits per heavy atom. The number of halogens is 1. The molecule has 5 rings (SSSR count). The van der Waals surface area contributed by atoms with Crippen LogP contribution in [0.15, 0.2) is 54.6 Å². The molecule has 1 atom stereocenters. The molecular formula is C28H31FN6O3. The molecule has 2 aliphatic rings. The van der Waals surface area contributed by atoms with Crippen LogP contribution in [0, 0.1) is 5.95 Å². The van der Waals surface area contributed by atoms with E-state index >= 15 is 0 Å². The lowest BCUT2D eigenvalue weighted by atomic mass is 9.96. The van der Waals surface area contributed by atoms with Crippen molar-refractivity contribution < 1.29 is 18.7 Å². The Morgan fingerprint density at radius 2 is 1.97 bits per heavy atom. The summed E-state index contributed by atoms with van der Waals surface area (Å²) in [5.74, 6) is -0.615. The van der Waals surface area contributed by atoms with Gasteiger partial charge in [-0.05, 0) is 43.0 Å². The molecule has 2 fully saturated rings. The van der Waals surface area contributed by atoms with Crippen molar-refractivity contribution in [2.24, 2.45) is 0 Å². The summed E-state index contributed by atoms with van der Waals surface area (Å²) in [5.41, 5.74) is 2.65. The molecule has 1 aliphatic carbocycles. The molecule has 2 amide bonds. The number of morpholine rings is 1. The van der Waals surface area contributed by atoms with E-state index in [1.807, 2.05) is 12.1 Å². The number of ether oxygens (including phenoxy) is 1. The van der Waals surface area contributed by atoms with Crippen LogP contribution in [0.1, 0.15) is 42.9 Å². The molecule has 1 aliphatic heterocycles. The fourth-order valence-corrected chi connectivity index (χ4v) is 4.35. The second-order valence-electron chi connectivity index (χ2n) is 9.66. The summed E-state index contributed by atoms with van der Waals surface area (Å²) in [7, 11) is 0. The first-order chi connectivity index (χ1) is 18.5. The highest BCUT2D eigenvalue weighted by Gasteiger charge is 2.26. The summed E-state index contributed by atoms with van der Waals surface area (Å²) in [5, 5.41) is 12.6. The summed E-state index contributed by atoms with van der Waals surface area (Å²) in [6.07, 6.45) is 5.48. The van der Waals surface area contributed by atoms with E-state index in [4.69, 9.17) is 4.74 Å². The Morgan fingerprint density at radius 3 is 2.74 bits per heavy atom. The maximum absolute atomic E-state index is 14.9. The fourth-order valence-electron chi connectivity index (χ4n) is 4.35. The average Bonchev–Trinajstić information content (AvgIpc) is 3.67. The van der Waals surface area contributed by atoms with E-state index in [1.165, 1.54) is 6.08 Å². The normalized spacial score (nSPS) is 16.9. The van der Waals surface area contributed by atoms with E-state index in [0.29, 0.717) is 37.1 Å². The molecule has 2 aromatic heterocycles. The van der Waals surface area contributed by atoms with Crippen molar-refractivity contribution in [1.29, 1.82) is 0 Å². The van der Waals surface area contributed by atoms with Crippen LogP contribution in [0.5, 0.6) is 0 Å². The number of aromatic amines is 1. The molecule has 198 valence electrons. The van der Waals surface area contributed by atoms with Crippen molar-refractivity contribution in [2.75, 3.05) is 43.5 Å². The third kappa shape index (κ3) is 6.51. The van der Waals surface area contributed by atoms with E-state index in [1.54, 1.807) is 43.3 Å². The molecule has 1 saturated carbocycles. The van der Waals surface area contributed by atoms with Gasteiger partial charge in [-0.3, -0.25) is 19.6 Å². The molecule has 0 radical (unpaired) electrons. The Labute approximate surface area is 220 Å². The highest BCUT2D eigenvalue weighted by atomic mass is 19.1. The Balaban J connectivity index is 1.20. The standard InChI is InChI=1S/C28H31FN6O3/c1-18(28(37)32-25-17-23(33-34-25)19-7-8-19)20-4-2-5-21(16-20)22-9-10-24(31-27(22)29)30-26(36)6-3-11-35-12-14-38-15-13-35/h2-6,9-10,16-19H,7-8,11-15H2,1H3,(H,30,31,36)(H2,32,33,34,37). The van der Waals surface area contributed by atoms with Gasteiger partial charge in [-0.25, -0.2) is 4.98 Å². The monoisotopic (exact) mass is 518 g/mol. The minimum absolute atomic E-state index is 0.126. The average molecular weight is 519 g/mol. The SMILES string of the molecule is CC(C(=O)Nc1cc(C2CC2)[nH]n1)c1cccc(-c2ccc(NC(=O)C=CCN3CCOCC3)nc2F)c1. The summed E-state index contributed by atoms with van der Waals surface area (Å²) in [4.78, 5) is 31.2. The minimum Gasteiger partial charge on any atom is -0.379 e. The molecule has 1 unspecified atom stereocenters. The predicted octanol–water partition coefficient (Wildman–Crippen LogP) is 4.06. The molecular weight excluding hydrogens is 487 g/mol. The first-order valence-corrected chi connectivity index (χ1v) is 12.9. The number of amides is 2. The quantitative estimate of drug-likeness (QED) is 0.291. The number of pyridine rings is 1. The highest BCUT2D eigenvalue weighted by molar-refractivity contribution is 5.98. The Kier molecular flexibility index (Phi) is 7.90. The van der Waals surface area contributed by atoms with E-state index < -0.39 is 11.9 Å². The number of benzene rings is 1. The summed E-state index contributed by atoms with van der Waals surface area (Å²) >= 11 is 0. The molecule has 10 heteroatoms. The molecule has 1 saturated heterocycles. The van der Waals surface area contributed by atoms with E-state index in [9.17, 15) is 14.0 Å². The lowest BCUT2D eigenvalue weighted by molar-refractivity contribution is -0.117. The summed E-state index contributed by atoms with van der Waals surface area (Å²) in [6.45, 7) is 5.48. The van der Waals surface area contributed by atoms with Gasteiger partial charge < -0.3 is 15.4 Å². The molecule has 38 heavy (non-hydrogen) atoms. The second-order valence-corrected chi connectivity index (χ2v) is 9.66. The number of rotatable bonds is 9. The van der Waals surface area contributed by atoms with Gasteiger partial charge in [0.2, 0.25) is 17.8 Å². The lowest BCUT2D eigenvalue weighted by Gasteiger charge is -2.24. The first kappa shape index (κ1) is 25.7. The van der Waals surface area contributed by atoms with E-state index in [-0.39, 0.29) is 23.2 Å². The molecule has 3 heterocycles.